The fourth-order valence-corrected chi connectivity index (χ4v) is 2.94. The monoisotopic (exact) mass is 458 g/mol. The Kier molecular flexibility index (Phi) is 5.82. The van der Waals surface area contributed by atoms with Crippen LogP contribution >= 0.6 is 0 Å². The van der Waals surface area contributed by atoms with Crippen LogP contribution in [0.15, 0.2) is 59.5 Å². The molecular formula is C21H14F4N6O2. The third kappa shape index (κ3) is 4.84. The maximum absolute atomic E-state index is 13.9. The molecule has 0 N–H and O–H groups in total. The van der Waals surface area contributed by atoms with Crippen LogP contribution in [-0.2, 0) is 12.7 Å². The van der Waals surface area contributed by atoms with Crippen molar-refractivity contribution in [2.24, 2.45) is 0 Å². The van der Waals surface area contributed by atoms with Crippen molar-refractivity contribution in [3.05, 3.63) is 83.8 Å². The fraction of sp³-hybridized carbons (Fsp3) is 0.143. The lowest BCUT2D eigenvalue weighted by atomic mass is 10.2. The van der Waals surface area contributed by atoms with Crippen molar-refractivity contribution < 1.29 is 26.9 Å². The zero-order chi connectivity index (χ0) is 23.6. The van der Waals surface area contributed by atoms with Crippen molar-refractivity contribution in [3.8, 4) is 11.4 Å². The highest BCUT2D eigenvalue weighted by atomic mass is 19.4. The van der Waals surface area contributed by atoms with E-state index in [1.807, 2.05) is 0 Å². The highest BCUT2D eigenvalue weighted by Gasteiger charge is 2.38. The zero-order valence-electron chi connectivity index (χ0n) is 16.9. The molecule has 0 bridgehead atoms. The molecule has 168 valence electrons. The van der Waals surface area contributed by atoms with E-state index in [9.17, 15) is 22.4 Å². The number of aryl methyl sites for hydroxylation is 1. The summed E-state index contributed by atoms with van der Waals surface area (Å²) in [5.74, 6) is -2.81. The molecule has 0 aliphatic rings. The molecule has 12 heteroatoms. The van der Waals surface area contributed by atoms with Gasteiger partial charge >= 0.3 is 12.1 Å². The van der Waals surface area contributed by atoms with Gasteiger partial charge in [-0.1, -0.05) is 11.2 Å². The molecule has 0 spiro atoms. The van der Waals surface area contributed by atoms with E-state index in [0.717, 1.165) is 0 Å². The topological polar surface area (TPSA) is 97.9 Å². The van der Waals surface area contributed by atoms with Crippen LogP contribution in [0.2, 0.25) is 0 Å². The highest BCUT2D eigenvalue weighted by Crippen LogP contribution is 2.29. The molecule has 0 aliphatic heterocycles. The summed E-state index contributed by atoms with van der Waals surface area (Å²) >= 11 is 0. The minimum absolute atomic E-state index is 0.0708. The van der Waals surface area contributed by atoms with Gasteiger partial charge in [0.05, 0.1) is 17.9 Å². The Morgan fingerprint density at radius 1 is 1.09 bits per heavy atom. The summed E-state index contributed by atoms with van der Waals surface area (Å²) in [6, 6.07) is 8.37. The standard InChI is InChI=1S/C21H14F4N6O2/c1-12-17(27-8-7-26-12)19(32)31(16-4-2-3-14(22)9-16)11-15-6-5-13(10-28-15)18-29-20(33-30-18)21(23,24)25/h2-10H,11H2,1H3. The molecule has 0 radical (unpaired) electrons. The lowest BCUT2D eigenvalue weighted by Gasteiger charge is -2.22. The van der Waals surface area contributed by atoms with Crippen molar-refractivity contribution in [1.82, 2.24) is 25.1 Å². The number of halogens is 4. The van der Waals surface area contributed by atoms with Gasteiger partial charge in [0, 0.05) is 29.8 Å². The summed E-state index contributed by atoms with van der Waals surface area (Å²) < 4.78 is 56.1. The van der Waals surface area contributed by atoms with Crippen molar-refractivity contribution in [2.75, 3.05) is 4.90 Å². The molecule has 1 amide bonds. The van der Waals surface area contributed by atoms with Crippen LogP contribution in [0.5, 0.6) is 0 Å². The summed E-state index contributed by atoms with van der Waals surface area (Å²) in [5, 5.41) is 3.31. The number of alkyl halides is 3. The van der Waals surface area contributed by atoms with Gasteiger partial charge in [-0.3, -0.25) is 14.8 Å². The van der Waals surface area contributed by atoms with Gasteiger partial charge in [-0.25, -0.2) is 9.37 Å². The number of nitrogens with zero attached hydrogens (tertiary/aromatic N) is 6. The molecule has 0 atom stereocenters. The van der Waals surface area contributed by atoms with E-state index < -0.39 is 23.8 Å². The van der Waals surface area contributed by atoms with Crippen LogP contribution in [0, 0.1) is 12.7 Å². The number of aromatic nitrogens is 5. The number of hydrogen-bond donors (Lipinski definition) is 0. The van der Waals surface area contributed by atoms with E-state index in [4.69, 9.17) is 0 Å². The van der Waals surface area contributed by atoms with Gasteiger partial charge in [-0.05, 0) is 37.3 Å². The first-order valence-electron chi connectivity index (χ1n) is 9.43. The van der Waals surface area contributed by atoms with E-state index in [-0.39, 0.29) is 29.3 Å². The first-order chi connectivity index (χ1) is 15.7. The Morgan fingerprint density at radius 3 is 2.52 bits per heavy atom. The molecule has 0 unspecified atom stereocenters. The highest BCUT2D eigenvalue weighted by molar-refractivity contribution is 6.05. The quantitative estimate of drug-likeness (QED) is 0.413. The molecule has 0 fully saturated rings. The van der Waals surface area contributed by atoms with E-state index >= 15 is 0 Å². The summed E-state index contributed by atoms with van der Waals surface area (Å²) in [6.07, 6.45) is -0.691. The van der Waals surface area contributed by atoms with E-state index in [2.05, 4.69) is 29.6 Å². The second kappa shape index (κ2) is 8.73. The molecule has 33 heavy (non-hydrogen) atoms. The molecule has 0 aliphatic carbocycles. The van der Waals surface area contributed by atoms with Gasteiger partial charge in [0.25, 0.3) is 5.91 Å². The second-order valence-electron chi connectivity index (χ2n) is 6.82. The lowest BCUT2D eigenvalue weighted by molar-refractivity contribution is -0.159. The Balaban J connectivity index is 1.63. The average Bonchev–Trinajstić information content (AvgIpc) is 3.29. The number of anilines is 1. The number of amides is 1. The van der Waals surface area contributed by atoms with Gasteiger partial charge in [-0.2, -0.15) is 18.2 Å². The van der Waals surface area contributed by atoms with Crippen LogP contribution < -0.4 is 4.90 Å². The molecule has 3 heterocycles. The van der Waals surface area contributed by atoms with Crippen molar-refractivity contribution in [3.63, 3.8) is 0 Å². The maximum Gasteiger partial charge on any atom is 0.471 e. The van der Waals surface area contributed by atoms with Crippen LogP contribution in [0.3, 0.4) is 0 Å². The summed E-state index contributed by atoms with van der Waals surface area (Å²) in [4.78, 5) is 30.1. The van der Waals surface area contributed by atoms with Crippen molar-refractivity contribution in [1.29, 1.82) is 0 Å². The Hall–Kier alpha value is -4.22. The largest absolute Gasteiger partial charge is 0.471 e. The van der Waals surface area contributed by atoms with Crippen LogP contribution in [0.4, 0.5) is 23.2 Å². The van der Waals surface area contributed by atoms with Crippen LogP contribution in [0.1, 0.15) is 27.8 Å². The van der Waals surface area contributed by atoms with Gasteiger partial charge < -0.3 is 9.42 Å². The molecule has 0 saturated heterocycles. The smallest absolute Gasteiger partial charge is 0.329 e. The fourth-order valence-electron chi connectivity index (χ4n) is 2.94. The average molecular weight is 458 g/mol. The van der Waals surface area contributed by atoms with E-state index in [1.54, 1.807) is 13.0 Å². The predicted octanol–water partition coefficient (Wildman–Crippen LogP) is 4.23. The third-order valence-electron chi connectivity index (χ3n) is 4.52. The van der Waals surface area contributed by atoms with E-state index in [1.165, 1.54) is 53.8 Å². The van der Waals surface area contributed by atoms with Gasteiger partial charge in [0.15, 0.2) is 0 Å². The first-order valence-corrected chi connectivity index (χ1v) is 9.43. The van der Waals surface area contributed by atoms with Gasteiger partial charge in [-0.15, -0.1) is 0 Å². The number of benzene rings is 1. The molecule has 0 saturated carbocycles. The number of rotatable bonds is 5. The number of carbonyl (C=O) groups is 1. The number of pyridine rings is 1. The Labute approximate surface area is 183 Å². The van der Waals surface area contributed by atoms with E-state index in [0.29, 0.717) is 11.4 Å². The summed E-state index contributed by atoms with van der Waals surface area (Å²) in [5.41, 5.74) is 1.31. The van der Waals surface area contributed by atoms with Crippen molar-refractivity contribution >= 4 is 11.6 Å². The number of carbonyl (C=O) groups excluding carboxylic acids is 1. The molecule has 4 aromatic rings. The van der Waals surface area contributed by atoms with Gasteiger partial charge in [0.1, 0.15) is 11.5 Å². The summed E-state index contributed by atoms with van der Waals surface area (Å²) in [6.45, 7) is 1.55. The lowest BCUT2D eigenvalue weighted by Crippen LogP contribution is -2.32. The molecule has 8 nitrogen and oxygen atoms in total. The SMILES string of the molecule is Cc1nccnc1C(=O)N(Cc1ccc(-c2noc(C(F)(F)F)n2)cn1)c1cccc(F)c1. The van der Waals surface area contributed by atoms with Crippen molar-refractivity contribution in [2.45, 2.75) is 19.6 Å². The van der Waals surface area contributed by atoms with Crippen LogP contribution in [0.25, 0.3) is 11.4 Å². The summed E-state index contributed by atoms with van der Waals surface area (Å²) in [7, 11) is 0. The third-order valence-corrected chi connectivity index (χ3v) is 4.52. The maximum atomic E-state index is 13.9. The normalized spacial score (nSPS) is 11.4. The predicted molar refractivity (Wildman–Crippen MR) is 106 cm³/mol. The van der Waals surface area contributed by atoms with Crippen LogP contribution in [-0.4, -0.2) is 31.0 Å². The molecule has 1 aromatic carbocycles. The first kappa shape index (κ1) is 22.0. The Morgan fingerprint density at radius 2 is 1.88 bits per heavy atom. The zero-order valence-corrected chi connectivity index (χ0v) is 16.9. The molecular weight excluding hydrogens is 444 g/mol. The number of hydrogen-bond acceptors (Lipinski definition) is 7. The minimum atomic E-state index is -4.76. The Bertz CT molecular complexity index is 1290. The molecule has 3 aromatic heterocycles. The minimum Gasteiger partial charge on any atom is -0.329 e. The van der Waals surface area contributed by atoms with Gasteiger partial charge in [0.2, 0.25) is 5.82 Å². The second-order valence-corrected chi connectivity index (χ2v) is 6.82. The molecule has 4 rings (SSSR count).